The lowest BCUT2D eigenvalue weighted by molar-refractivity contribution is 0.733. The summed E-state index contributed by atoms with van der Waals surface area (Å²) in [4.78, 5) is 26.5. The topological polar surface area (TPSA) is 92.9 Å². The third kappa shape index (κ3) is 3.98. The van der Waals surface area contributed by atoms with Gasteiger partial charge in [-0.1, -0.05) is 60.7 Å². The zero-order valence-corrected chi connectivity index (χ0v) is 13.7. The minimum absolute atomic E-state index is 0.144. The van der Waals surface area contributed by atoms with Crippen LogP contribution < -0.4 is 22.3 Å². The van der Waals surface area contributed by atoms with Gasteiger partial charge in [-0.05, 0) is 17.5 Å². The van der Waals surface area contributed by atoms with Crippen LogP contribution in [0.3, 0.4) is 0 Å². The zero-order valence-electron chi connectivity index (χ0n) is 13.7. The lowest BCUT2D eigenvalue weighted by Crippen LogP contribution is -2.34. The number of nitrogens with zero attached hydrogens (tertiary/aromatic N) is 1. The van der Waals surface area contributed by atoms with Crippen LogP contribution in [0.2, 0.25) is 0 Å². The van der Waals surface area contributed by atoms with Gasteiger partial charge in [-0.3, -0.25) is 14.3 Å². The predicted molar refractivity (Wildman–Crippen MR) is 99.9 cm³/mol. The van der Waals surface area contributed by atoms with Gasteiger partial charge < -0.3 is 11.1 Å². The van der Waals surface area contributed by atoms with Gasteiger partial charge in [-0.2, -0.15) is 0 Å². The molecule has 0 unspecified atom stereocenters. The van der Waals surface area contributed by atoms with Crippen molar-refractivity contribution >= 4 is 11.5 Å². The summed E-state index contributed by atoms with van der Waals surface area (Å²) in [5, 5.41) is 3.05. The van der Waals surface area contributed by atoms with Crippen molar-refractivity contribution in [1.82, 2.24) is 9.55 Å². The number of anilines is 2. The summed E-state index contributed by atoms with van der Waals surface area (Å²) < 4.78 is 1.36. The molecule has 6 heteroatoms. The highest BCUT2D eigenvalue weighted by molar-refractivity contribution is 5.60. The maximum Gasteiger partial charge on any atom is 0.330 e. The number of nitrogens with one attached hydrogen (secondary N) is 2. The zero-order chi connectivity index (χ0) is 17.6. The summed E-state index contributed by atoms with van der Waals surface area (Å²) in [5.41, 5.74) is 7.39. The molecular formula is C19H20N4O2. The second kappa shape index (κ2) is 7.53. The quantitative estimate of drug-likeness (QED) is 0.640. The highest BCUT2D eigenvalue weighted by Crippen LogP contribution is 2.12. The van der Waals surface area contributed by atoms with Crippen molar-refractivity contribution in [3.63, 3.8) is 0 Å². The van der Waals surface area contributed by atoms with Gasteiger partial charge in [-0.15, -0.1) is 0 Å². The highest BCUT2D eigenvalue weighted by Gasteiger charge is 2.12. The van der Waals surface area contributed by atoms with E-state index in [-0.39, 0.29) is 11.5 Å². The molecule has 0 spiro atoms. The van der Waals surface area contributed by atoms with E-state index in [1.807, 2.05) is 60.7 Å². The summed E-state index contributed by atoms with van der Waals surface area (Å²) in [6.45, 7) is 0.844. The van der Waals surface area contributed by atoms with E-state index in [9.17, 15) is 9.59 Å². The van der Waals surface area contributed by atoms with E-state index in [0.29, 0.717) is 13.1 Å². The number of benzene rings is 2. The lowest BCUT2D eigenvalue weighted by atomic mass is 10.1. The molecule has 2 aromatic carbocycles. The maximum absolute atomic E-state index is 12.1. The Morgan fingerprint density at radius 1 is 0.920 bits per heavy atom. The first-order chi connectivity index (χ1) is 12.1. The van der Waals surface area contributed by atoms with E-state index in [1.54, 1.807) is 0 Å². The van der Waals surface area contributed by atoms with Crippen molar-refractivity contribution in [3.8, 4) is 0 Å². The third-order valence-corrected chi connectivity index (χ3v) is 3.98. The monoisotopic (exact) mass is 336 g/mol. The molecular weight excluding hydrogens is 316 g/mol. The van der Waals surface area contributed by atoms with Gasteiger partial charge in [0.05, 0.1) is 6.54 Å². The minimum Gasteiger partial charge on any atom is -0.383 e. The average Bonchev–Trinajstić information content (AvgIpc) is 2.63. The van der Waals surface area contributed by atoms with Crippen molar-refractivity contribution in [3.05, 3.63) is 92.6 Å². The van der Waals surface area contributed by atoms with E-state index in [4.69, 9.17) is 5.73 Å². The van der Waals surface area contributed by atoms with Gasteiger partial charge in [0.2, 0.25) is 0 Å². The second-order valence-electron chi connectivity index (χ2n) is 5.75. The fourth-order valence-electron chi connectivity index (χ4n) is 2.66. The molecule has 0 radical (unpaired) electrons. The molecule has 128 valence electrons. The Bertz CT molecular complexity index is 947. The van der Waals surface area contributed by atoms with E-state index >= 15 is 0 Å². The van der Waals surface area contributed by atoms with Crippen molar-refractivity contribution in [2.75, 3.05) is 17.6 Å². The van der Waals surface area contributed by atoms with Crippen molar-refractivity contribution < 1.29 is 0 Å². The molecule has 1 aromatic heterocycles. The minimum atomic E-state index is -0.514. The normalized spacial score (nSPS) is 10.6. The summed E-state index contributed by atoms with van der Waals surface area (Å²) in [6, 6.07) is 19.4. The van der Waals surface area contributed by atoms with Crippen LogP contribution in [0.1, 0.15) is 11.1 Å². The van der Waals surface area contributed by atoms with E-state index < -0.39 is 11.2 Å². The summed E-state index contributed by atoms with van der Waals surface area (Å²) in [6.07, 6.45) is 0.748. The second-order valence-corrected chi connectivity index (χ2v) is 5.75. The molecule has 3 aromatic rings. The fourth-order valence-corrected chi connectivity index (χ4v) is 2.66. The predicted octanol–water partition coefficient (Wildman–Crippen LogP) is 1.82. The molecule has 4 N–H and O–H groups in total. The van der Waals surface area contributed by atoms with E-state index in [2.05, 4.69) is 10.3 Å². The van der Waals surface area contributed by atoms with Gasteiger partial charge in [0.15, 0.2) is 0 Å². The Hall–Kier alpha value is -3.28. The molecule has 1 heterocycles. The summed E-state index contributed by atoms with van der Waals surface area (Å²) in [7, 11) is 0. The van der Waals surface area contributed by atoms with Gasteiger partial charge in [0.1, 0.15) is 11.5 Å². The lowest BCUT2D eigenvalue weighted by Gasteiger charge is -2.14. The number of H-pyrrole nitrogens is 1. The number of aromatic nitrogens is 2. The van der Waals surface area contributed by atoms with Crippen LogP contribution in [-0.4, -0.2) is 16.1 Å². The standard InChI is InChI=1S/C19H20N4O2/c20-17-16(21-12-11-14-7-3-1-4-8-14)18(24)22-19(25)23(17)13-15-9-5-2-6-10-15/h1-10,21H,11-13,20H2,(H,22,24,25). The smallest absolute Gasteiger partial charge is 0.330 e. The number of hydrogen-bond acceptors (Lipinski definition) is 4. The van der Waals surface area contributed by atoms with Gasteiger partial charge >= 0.3 is 5.69 Å². The molecule has 0 aliphatic rings. The number of aromatic amines is 1. The maximum atomic E-state index is 12.1. The molecule has 0 fully saturated rings. The van der Waals surface area contributed by atoms with Gasteiger partial charge in [0.25, 0.3) is 5.56 Å². The Morgan fingerprint density at radius 3 is 2.16 bits per heavy atom. The fraction of sp³-hybridized carbons (Fsp3) is 0.158. The molecule has 0 aliphatic carbocycles. The van der Waals surface area contributed by atoms with Crippen LogP contribution in [-0.2, 0) is 13.0 Å². The Labute approximate surface area is 145 Å². The summed E-state index contributed by atoms with van der Waals surface area (Å²) >= 11 is 0. The van der Waals surface area contributed by atoms with E-state index in [1.165, 1.54) is 4.57 Å². The Kier molecular flexibility index (Phi) is 4.99. The molecule has 0 aliphatic heterocycles. The first kappa shape index (κ1) is 16.6. The van der Waals surface area contributed by atoms with Crippen LogP contribution in [0.25, 0.3) is 0 Å². The number of rotatable bonds is 6. The number of nitrogens with two attached hydrogens (primary N) is 1. The molecule has 25 heavy (non-hydrogen) atoms. The van der Waals surface area contributed by atoms with Crippen molar-refractivity contribution in [1.29, 1.82) is 0 Å². The molecule has 0 bridgehead atoms. The van der Waals surface area contributed by atoms with Crippen LogP contribution >= 0.6 is 0 Å². The first-order valence-corrected chi connectivity index (χ1v) is 8.09. The molecule has 3 rings (SSSR count). The SMILES string of the molecule is Nc1c(NCCc2ccccc2)c(=O)[nH]c(=O)n1Cc1ccccc1. The average molecular weight is 336 g/mol. The number of hydrogen-bond donors (Lipinski definition) is 3. The molecule has 0 saturated carbocycles. The van der Waals surface area contributed by atoms with E-state index in [0.717, 1.165) is 17.5 Å². The molecule has 0 amide bonds. The molecule has 6 nitrogen and oxygen atoms in total. The summed E-state index contributed by atoms with van der Waals surface area (Å²) in [5.74, 6) is 0.144. The largest absolute Gasteiger partial charge is 0.383 e. The first-order valence-electron chi connectivity index (χ1n) is 8.09. The van der Waals surface area contributed by atoms with Crippen LogP contribution in [0.4, 0.5) is 11.5 Å². The van der Waals surface area contributed by atoms with Crippen LogP contribution in [0.15, 0.2) is 70.3 Å². The van der Waals surface area contributed by atoms with Gasteiger partial charge in [-0.25, -0.2) is 4.79 Å². The Balaban J connectivity index is 1.80. The molecule has 0 atom stereocenters. The third-order valence-electron chi connectivity index (χ3n) is 3.98. The highest BCUT2D eigenvalue weighted by atomic mass is 16.2. The Morgan fingerprint density at radius 2 is 1.52 bits per heavy atom. The van der Waals surface area contributed by atoms with Gasteiger partial charge in [0, 0.05) is 6.54 Å². The van der Waals surface area contributed by atoms with Crippen LogP contribution in [0, 0.1) is 0 Å². The molecule has 0 saturated heterocycles. The number of nitrogen functional groups attached to an aromatic ring is 1. The van der Waals surface area contributed by atoms with Crippen LogP contribution in [0.5, 0.6) is 0 Å². The van der Waals surface area contributed by atoms with Crippen molar-refractivity contribution in [2.24, 2.45) is 0 Å². The van der Waals surface area contributed by atoms with Crippen molar-refractivity contribution in [2.45, 2.75) is 13.0 Å².